The molecule has 0 aromatic heterocycles. The van der Waals surface area contributed by atoms with Crippen LogP contribution in [0.4, 0.5) is 5.69 Å². The maximum absolute atomic E-state index is 6.02. The van der Waals surface area contributed by atoms with Crippen LogP contribution in [0.25, 0.3) is 0 Å². The molecule has 0 saturated carbocycles. The Morgan fingerprint density at radius 2 is 2.17 bits per heavy atom. The maximum Gasteiger partial charge on any atom is 0.193 e. The molecule has 1 aromatic carbocycles. The van der Waals surface area contributed by atoms with Crippen molar-refractivity contribution in [1.82, 2.24) is 4.90 Å². The SMILES string of the molecule is CCCN1CCC(CN=C(N)Nc2cc(OC)ccc2OC)C1.I. The van der Waals surface area contributed by atoms with E-state index in [0.717, 1.165) is 24.5 Å². The van der Waals surface area contributed by atoms with Gasteiger partial charge in [0, 0.05) is 19.2 Å². The van der Waals surface area contributed by atoms with Gasteiger partial charge < -0.3 is 25.4 Å². The van der Waals surface area contributed by atoms with Crippen molar-refractivity contribution in [3.05, 3.63) is 18.2 Å². The van der Waals surface area contributed by atoms with E-state index in [2.05, 4.69) is 22.1 Å². The van der Waals surface area contributed by atoms with Crippen molar-refractivity contribution >= 4 is 35.6 Å². The molecule has 1 atom stereocenters. The fraction of sp³-hybridized carbons (Fsp3) is 0.588. The topological polar surface area (TPSA) is 72.1 Å². The van der Waals surface area contributed by atoms with E-state index in [1.54, 1.807) is 14.2 Å². The van der Waals surface area contributed by atoms with E-state index in [9.17, 15) is 0 Å². The first-order valence-corrected chi connectivity index (χ1v) is 8.17. The van der Waals surface area contributed by atoms with Crippen molar-refractivity contribution in [3.8, 4) is 11.5 Å². The van der Waals surface area contributed by atoms with Gasteiger partial charge in [0.1, 0.15) is 11.5 Å². The van der Waals surface area contributed by atoms with Gasteiger partial charge in [-0.05, 0) is 44.0 Å². The number of anilines is 1. The third-order valence-corrected chi connectivity index (χ3v) is 4.10. The van der Waals surface area contributed by atoms with Gasteiger partial charge in [0.2, 0.25) is 0 Å². The van der Waals surface area contributed by atoms with Gasteiger partial charge in [-0.2, -0.15) is 0 Å². The van der Waals surface area contributed by atoms with E-state index < -0.39 is 0 Å². The Hall–Kier alpha value is -1.22. The average Bonchev–Trinajstić information content (AvgIpc) is 3.01. The first kappa shape index (κ1) is 20.8. The molecule has 7 heteroatoms. The van der Waals surface area contributed by atoms with Crippen LogP contribution < -0.4 is 20.5 Å². The van der Waals surface area contributed by atoms with Crippen molar-refractivity contribution in [1.29, 1.82) is 0 Å². The lowest BCUT2D eigenvalue weighted by atomic mass is 10.1. The van der Waals surface area contributed by atoms with Crippen LogP contribution in [0.5, 0.6) is 11.5 Å². The molecule has 0 aliphatic carbocycles. The summed E-state index contributed by atoms with van der Waals surface area (Å²) in [6.07, 6.45) is 2.40. The second-order valence-electron chi connectivity index (χ2n) is 5.87. The van der Waals surface area contributed by atoms with Gasteiger partial charge in [-0.1, -0.05) is 6.92 Å². The summed E-state index contributed by atoms with van der Waals surface area (Å²) in [4.78, 5) is 6.98. The van der Waals surface area contributed by atoms with Gasteiger partial charge >= 0.3 is 0 Å². The molecule has 1 heterocycles. The zero-order chi connectivity index (χ0) is 16.7. The highest BCUT2D eigenvalue weighted by Crippen LogP contribution is 2.28. The molecule has 2 rings (SSSR count). The molecule has 0 radical (unpaired) electrons. The lowest BCUT2D eigenvalue weighted by molar-refractivity contribution is 0.326. The van der Waals surface area contributed by atoms with Crippen LogP contribution in [-0.2, 0) is 0 Å². The highest BCUT2D eigenvalue weighted by molar-refractivity contribution is 14.0. The minimum Gasteiger partial charge on any atom is -0.497 e. The standard InChI is InChI=1S/C17H28N4O2.HI/c1-4-8-21-9-7-13(12-21)11-19-17(18)20-15-10-14(22-2)5-6-16(15)23-3;/h5-6,10,13H,4,7-9,11-12H2,1-3H3,(H3,18,19,20);1H. The van der Waals surface area contributed by atoms with E-state index in [0.29, 0.717) is 17.6 Å². The fourth-order valence-electron chi connectivity index (χ4n) is 2.90. The van der Waals surface area contributed by atoms with Gasteiger partial charge in [0.05, 0.1) is 19.9 Å². The Kier molecular flexibility index (Phi) is 9.20. The van der Waals surface area contributed by atoms with E-state index in [1.807, 2.05) is 18.2 Å². The largest absolute Gasteiger partial charge is 0.497 e. The molecule has 1 aliphatic heterocycles. The lowest BCUT2D eigenvalue weighted by Crippen LogP contribution is -2.25. The predicted octanol–water partition coefficient (Wildman–Crippen LogP) is 2.78. The van der Waals surface area contributed by atoms with Gasteiger partial charge in [0.25, 0.3) is 0 Å². The van der Waals surface area contributed by atoms with Crippen molar-refractivity contribution in [3.63, 3.8) is 0 Å². The second kappa shape index (κ2) is 10.6. The molecule has 0 spiro atoms. The monoisotopic (exact) mass is 448 g/mol. The number of nitrogens with two attached hydrogens (primary N) is 1. The van der Waals surface area contributed by atoms with Crippen molar-refractivity contribution in [2.24, 2.45) is 16.6 Å². The number of nitrogens with one attached hydrogen (secondary N) is 1. The van der Waals surface area contributed by atoms with Crippen LogP contribution >= 0.6 is 24.0 Å². The molecule has 1 unspecified atom stereocenters. The third-order valence-electron chi connectivity index (χ3n) is 4.10. The smallest absolute Gasteiger partial charge is 0.193 e. The molecule has 136 valence electrons. The fourth-order valence-corrected chi connectivity index (χ4v) is 2.90. The zero-order valence-corrected chi connectivity index (χ0v) is 17.1. The average molecular weight is 448 g/mol. The Morgan fingerprint density at radius 3 is 2.83 bits per heavy atom. The lowest BCUT2D eigenvalue weighted by Gasteiger charge is -2.14. The number of nitrogens with zero attached hydrogens (tertiary/aromatic N) is 2. The molecule has 1 saturated heterocycles. The molecule has 0 amide bonds. The summed E-state index contributed by atoms with van der Waals surface area (Å²) < 4.78 is 10.6. The highest BCUT2D eigenvalue weighted by Gasteiger charge is 2.21. The molecule has 1 aliphatic rings. The molecule has 1 fully saturated rings. The summed E-state index contributed by atoms with van der Waals surface area (Å²) in [5.41, 5.74) is 6.78. The molecule has 6 nitrogen and oxygen atoms in total. The Morgan fingerprint density at radius 1 is 1.38 bits per heavy atom. The Balaban J connectivity index is 0.00000288. The van der Waals surface area contributed by atoms with E-state index in [4.69, 9.17) is 15.2 Å². The first-order chi connectivity index (χ1) is 11.2. The number of rotatable bonds is 7. The number of hydrogen-bond acceptors (Lipinski definition) is 4. The molecule has 1 aromatic rings. The number of methoxy groups -OCH3 is 2. The number of likely N-dealkylation sites (tertiary alicyclic amines) is 1. The summed E-state index contributed by atoms with van der Waals surface area (Å²) in [7, 11) is 3.26. The van der Waals surface area contributed by atoms with Crippen LogP contribution in [-0.4, -0.2) is 51.3 Å². The molecule has 0 bridgehead atoms. The van der Waals surface area contributed by atoms with Crippen LogP contribution in [0.2, 0.25) is 0 Å². The predicted molar refractivity (Wildman–Crippen MR) is 110 cm³/mol. The molecular formula is C17H29IN4O2. The van der Waals surface area contributed by atoms with Crippen molar-refractivity contribution in [2.75, 3.05) is 45.7 Å². The van der Waals surface area contributed by atoms with Crippen LogP contribution in [0, 0.1) is 5.92 Å². The van der Waals surface area contributed by atoms with Gasteiger partial charge in [-0.25, -0.2) is 0 Å². The minimum absolute atomic E-state index is 0. The first-order valence-electron chi connectivity index (χ1n) is 8.17. The van der Waals surface area contributed by atoms with Crippen LogP contribution in [0.1, 0.15) is 19.8 Å². The number of hydrogen-bond donors (Lipinski definition) is 2. The maximum atomic E-state index is 6.02. The summed E-state index contributed by atoms with van der Waals surface area (Å²) >= 11 is 0. The summed E-state index contributed by atoms with van der Waals surface area (Å²) in [5, 5.41) is 3.11. The Bertz CT molecular complexity index is 539. The van der Waals surface area contributed by atoms with Crippen LogP contribution in [0.15, 0.2) is 23.2 Å². The van der Waals surface area contributed by atoms with Crippen molar-refractivity contribution < 1.29 is 9.47 Å². The number of halogens is 1. The molecular weight excluding hydrogens is 419 g/mol. The Labute approximate surface area is 161 Å². The molecule has 3 N–H and O–H groups in total. The van der Waals surface area contributed by atoms with Gasteiger partial charge in [0.15, 0.2) is 5.96 Å². The minimum atomic E-state index is 0. The normalized spacial score (nSPS) is 18.1. The quantitative estimate of drug-likeness (QED) is 0.382. The highest BCUT2D eigenvalue weighted by atomic mass is 127. The summed E-state index contributed by atoms with van der Waals surface area (Å²) in [6, 6.07) is 5.53. The number of ether oxygens (including phenoxy) is 2. The summed E-state index contributed by atoms with van der Waals surface area (Å²) in [6.45, 7) is 6.44. The van der Waals surface area contributed by atoms with Gasteiger partial charge in [-0.15, -0.1) is 24.0 Å². The number of aliphatic imine (C=N–C) groups is 1. The summed E-state index contributed by atoms with van der Waals surface area (Å²) in [5.74, 6) is 2.45. The van der Waals surface area contributed by atoms with E-state index in [1.165, 1.54) is 25.9 Å². The van der Waals surface area contributed by atoms with E-state index >= 15 is 0 Å². The number of benzene rings is 1. The van der Waals surface area contributed by atoms with E-state index in [-0.39, 0.29) is 24.0 Å². The van der Waals surface area contributed by atoms with Gasteiger partial charge in [-0.3, -0.25) is 4.99 Å². The number of guanidine groups is 1. The van der Waals surface area contributed by atoms with Crippen molar-refractivity contribution in [2.45, 2.75) is 19.8 Å². The zero-order valence-electron chi connectivity index (χ0n) is 14.7. The second-order valence-corrected chi connectivity index (χ2v) is 5.87. The molecule has 24 heavy (non-hydrogen) atoms. The third kappa shape index (κ3) is 6.01. The van der Waals surface area contributed by atoms with Crippen LogP contribution in [0.3, 0.4) is 0 Å².